The van der Waals surface area contributed by atoms with Crippen LogP contribution in [0.5, 0.6) is 5.88 Å². The van der Waals surface area contributed by atoms with Crippen LogP contribution in [-0.2, 0) is 0 Å². The number of rotatable bonds is 5. The van der Waals surface area contributed by atoms with Gasteiger partial charge in [0.1, 0.15) is 0 Å². The summed E-state index contributed by atoms with van der Waals surface area (Å²) in [4.78, 5) is 17.9. The van der Waals surface area contributed by atoms with E-state index in [-0.39, 0.29) is 17.8 Å². The number of alkyl halides is 3. The van der Waals surface area contributed by atoms with E-state index in [1.54, 1.807) is 11.8 Å². The van der Waals surface area contributed by atoms with E-state index < -0.39 is 18.9 Å². The number of aliphatic hydroxyl groups excluding tert-OH is 1. The molecule has 2 unspecified atom stereocenters. The maximum atomic E-state index is 12.5. The van der Waals surface area contributed by atoms with Crippen LogP contribution in [0.3, 0.4) is 0 Å². The molecule has 1 fully saturated rings. The second-order valence-corrected chi connectivity index (χ2v) is 5.67. The molecule has 8 heteroatoms. The van der Waals surface area contributed by atoms with Crippen LogP contribution in [-0.4, -0.2) is 52.4 Å². The lowest BCUT2D eigenvalue weighted by Gasteiger charge is -2.25. The third kappa shape index (κ3) is 5.09. The van der Waals surface area contributed by atoms with Crippen molar-refractivity contribution in [3.8, 4) is 5.88 Å². The summed E-state index contributed by atoms with van der Waals surface area (Å²) in [6.07, 6.45) is -1.51. The number of carbonyl (C=O) groups excluding carboxylic acids is 1. The van der Waals surface area contributed by atoms with Crippen LogP contribution in [0.15, 0.2) is 18.3 Å². The van der Waals surface area contributed by atoms with E-state index in [4.69, 9.17) is 0 Å². The number of carbonyl (C=O) groups is 1. The number of ether oxygens (including phenoxy) is 1. The van der Waals surface area contributed by atoms with Gasteiger partial charge in [-0.05, 0) is 32.3 Å². The van der Waals surface area contributed by atoms with Crippen molar-refractivity contribution < 1.29 is 27.8 Å². The van der Waals surface area contributed by atoms with E-state index in [0.29, 0.717) is 18.5 Å². The monoisotopic (exact) mass is 332 g/mol. The number of halogens is 3. The Balaban J connectivity index is 1.99. The largest absolute Gasteiger partial charge is 0.468 e. The van der Waals surface area contributed by atoms with Crippen molar-refractivity contribution in [3.63, 3.8) is 0 Å². The Kier molecular flexibility index (Phi) is 5.46. The van der Waals surface area contributed by atoms with Gasteiger partial charge in [0.15, 0.2) is 6.61 Å². The molecule has 1 saturated heterocycles. The molecule has 5 nitrogen and oxygen atoms in total. The number of amides is 1. The molecule has 2 heterocycles. The molecule has 1 aromatic heterocycles. The smallest absolute Gasteiger partial charge is 0.422 e. The summed E-state index contributed by atoms with van der Waals surface area (Å²) < 4.78 is 40.7. The van der Waals surface area contributed by atoms with Crippen LogP contribution >= 0.6 is 0 Å². The molecule has 2 rings (SSSR count). The van der Waals surface area contributed by atoms with Crippen LogP contribution in [0.25, 0.3) is 0 Å². The number of pyridine rings is 1. The van der Waals surface area contributed by atoms with Crippen molar-refractivity contribution >= 4 is 5.91 Å². The van der Waals surface area contributed by atoms with Crippen molar-refractivity contribution in [3.05, 3.63) is 23.9 Å². The second-order valence-electron chi connectivity index (χ2n) is 5.67. The Morgan fingerprint density at radius 2 is 2.26 bits per heavy atom. The SMILES string of the molecule is CC(O)CC1CCCN1C(=O)c1ccc(OCC(F)(F)F)nc1. The van der Waals surface area contributed by atoms with Gasteiger partial charge in [0.05, 0.1) is 11.7 Å². The first-order chi connectivity index (χ1) is 10.8. The van der Waals surface area contributed by atoms with Gasteiger partial charge in [-0.25, -0.2) is 4.98 Å². The van der Waals surface area contributed by atoms with Gasteiger partial charge in [-0.15, -0.1) is 0 Å². The summed E-state index contributed by atoms with van der Waals surface area (Å²) in [6, 6.07) is 2.63. The van der Waals surface area contributed by atoms with Gasteiger partial charge in [-0.1, -0.05) is 0 Å². The highest BCUT2D eigenvalue weighted by Crippen LogP contribution is 2.24. The molecular formula is C15H19F3N2O3. The summed E-state index contributed by atoms with van der Waals surface area (Å²) in [6.45, 7) is 0.855. The fourth-order valence-electron chi connectivity index (χ4n) is 2.66. The first kappa shape index (κ1) is 17.5. The number of aromatic nitrogens is 1. The Bertz CT molecular complexity index is 532. The summed E-state index contributed by atoms with van der Waals surface area (Å²) in [7, 11) is 0. The number of hydrogen-bond acceptors (Lipinski definition) is 4. The zero-order valence-corrected chi connectivity index (χ0v) is 12.7. The summed E-state index contributed by atoms with van der Waals surface area (Å²) in [5.41, 5.74) is 0.293. The zero-order valence-electron chi connectivity index (χ0n) is 12.7. The third-order valence-corrected chi connectivity index (χ3v) is 3.62. The zero-order chi connectivity index (χ0) is 17.0. The first-order valence-electron chi connectivity index (χ1n) is 7.41. The van der Waals surface area contributed by atoms with E-state index in [0.717, 1.165) is 12.8 Å². The van der Waals surface area contributed by atoms with Crippen LogP contribution in [0.2, 0.25) is 0 Å². The highest BCUT2D eigenvalue weighted by Gasteiger charge is 2.31. The van der Waals surface area contributed by atoms with Crippen LogP contribution in [0.1, 0.15) is 36.5 Å². The van der Waals surface area contributed by atoms with Crippen LogP contribution in [0.4, 0.5) is 13.2 Å². The lowest BCUT2D eigenvalue weighted by atomic mass is 10.1. The molecule has 0 radical (unpaired) electrons. The number of aliphatic hydroxyl groups is 1. The number of likely N-dealkylation sites (tertiary alicyclic amines) is 1. The van der Waals surface area contributed by atoms with Gasteiger partial charge in [-0.2, -0.15) is 13.2 Å². The maximum absolute atomic E-state index is 12.5. The topological polar surface area (TPSA) is 62.7 Å². The second kappa shape index (κ2) is 7.16. The Morgan fingerprint density at radius 1 is 1.52 bits per heavy atom. The lowest BCUT2D eigenvalue weighted by molar-refractivity contribution is -0.154. The van der Waals surface area contributed by atoms with Crippen LogP contribution < -0.4 is 4.74 Å². The summed E-state index contributed by atoms with van der Waals surface area (Å²) in [5, 5.41) is 9.49. The van der Waals surface area contributed by atoms with Crippen molar-refractivity contribution in [2.24, 2.45) is 0 Å². The molecule has 1 amide bonds. The van der Waals surface area contributed by atoms with Gasteiger partial charge in [-0.3, -0.25) is 4.79 Å². The van der Waals surface area contributed by atoms with Gasteiger partial charge in [0.25, 0.3) is 5.91 Å². The highest BCUT2D eigenvalue weighted by atomic mass is 19.4. The molecule has 0 saturated carbocycles. The molecule has 128 valence electrons. The fourth-order valence-corrected chi connectivity index (χ4v) is 2.66. The predicted octanol–water partition coefficient (Wildman–Crippen LogP) is 2.40. The minimum atomic E-state index is -4.43. The Hall–Kier alpha value is -1.83. The Labute approximate surface area is 132 Å². The van der Waals surface area contributed by atoms with Crippen molar-refractivity contribution in [2.75, 3.05) is 13.2 Å². The molecule has 1 aliphatic rings. The Morgan fingerprint density at radius 3 is 2.83 bits per heavy atom. The average molecular weight is 332 g/mol. The minimum Gasteiger partial charge on any atom is -0.468 e. The van der Waals surface area contributed by atoms with Crippen LogP contribution in [0, 0.1) is 0 Å². The van der Waals surface area contributed by atoms with Crippen molar-refractivity contribution in [2.45, 2.75) is 44.5 Å². The number of hydrogen-bond donors (Lipinski definition) is 1. The molecule has 23 heavy (non-hydrogen) atoms. The molecule has 0 aliphatic carbocycles. The predicted molar refractivity (Wildman–Crippen MR) is 76.1 cm³/mol. The molecule has 2 atom stereocenters. The van der Waals surface area contributed by atoms with E-state index in [1.165, 1.54) is 18.3 Å². The lowest BCUT2D eigenvalue weighted by Crippen LogP contribution is -2.37. The fraction of sp³-hybridized carbons (Fsp3) is 0.600. The molecule has 0 spiro atoms. The quantitative estimate of drug-likeness (QED) is 0.899. The van der Waals surface area contributed by atoms with Gasteiger partial charge in [0.2, 0.25) is 5.88 Å². The van der Waals surface area contributed by atoms with E-state index >= 15 is 0 Å². The molecule has 0 bridgehead atoms. The molecule has 1 aromatic rings. The molecular weight excluding hydrogens is 313 g/mol. The summed E-state index contributed by atoms with van der Waals surface area (Å²) >= 11 is 0. The van der Waals surface area contributed by atoms with E-state index in [9.17, 15) is 23.1 Å². The van der Waals surface area contributed by atoms with Gasteiger partial charge in [0, 0.05) is 24.8 Å². The normalized spacial score (nSPS) is 19.7. The first-order valence-corrected chi connectivity index (χ1v) is 7.41. The third-order valence-electron chi connectivity index (χ3n) is 3.62. The number of nitrogens with zero attached hydrogens (tertiary/aromatic N) is 2. The van der Waals surface area contributed by atoms with Crippen molar-refractivity contribution in [1.82, 2.24) is 9.88 Å². The molecule has 1 aliphatic heterocycles. The van der Waals surface area contributed by atoms with Crippen molar-refractivity contribution in [1.29, 1.82) is 0 Å². The average Bonchev–Trinajstić information content (AvgIpc) is 2.91. The minimum absolute atomic E-state index is 0.0244. The van der Waals surface area contributed by atoms with Gasteiger partial charge < -0.3 is 14.7 Å². The molecule has 1 N–H and O–H groups in total. The highest BCUT2D eigenvalue weighted by molar-refractivity contribution is 5.94. The maximum Gasteiger partial charge on any atom is 0.422 e. The van der Waals surface area contributed by atoms with E-state index in [1.807, 2.05) is 0 Å². The molecule has 0 aromatic carbocycles. The van der Waals surface area contributed by atoms with E-state index in [2.05, 4.69) is 9.72 Å². The van der Waals surface area contributed by atoms with Gasteiger partial charge >= 0.3 is 6.18 Å². The summed E-state index contributed by atoms with van der Waals surface area (Å²) in [5.74, 6) is -0.413. The standard InChI is InChI=1S/C15H19F3N2O3/c1-10(21)7-12-3-2-6-20(12)14(22)11-4-5-13(19-8-11)23-9-15(16,17)18/h4-5,8,10,12,21H,2-3,6-7,9H2,1H3.